The molecule has 0 saturated carbocycles. The predicted molar refractivity (Wildman–Crippen MR) is 87.2 cm³/mol. The van der Waals surface area contributed by atoms with Crippen LogP contribution in [0.2, 0.25) is 0 Å². The maximum Gasteiger partial charge on any atom is 0.120 e. The summed E-state index contributed by atoms with van der Waals surface area (Å²) in [5.41, 5.74) is 2.69. The number of nitrogens with one attached hydrogen (secondary N) is 1. The second-order valence-corrected chi connectivity index (χ2v) is 5.57. The third-order valence-corrected chi connectivity index (χ3v) is 3.60. The first-order valence-electron chi connectivity index (χ1n) is 6.95. The average molecular weight is 334 g/mol. The molecule has 0 heterocycles. The zero-order valence-electron chi connectivity index (χ0n) is 11.7. The molecule has 3 heteroatoms. The van der Waals surface area contributed by atoms with Crippen LogP contribution in [0.4, 0.5) is 0 Å². The molecular weight excluding hydrogens is 314 g/mol. The van der Waals surface area contributed by atoms with Crippen molar-refractivity contribution < 1.29 is 4.74 Å². The second kappa shape index (κ2) is 8.08. The van der Waals surface area contributed by atoms with Crippen LogP contribution < -0.4 is 10.1 Å². The van der Waals surface area contributed by atoms with Crippen LogP contribution in [-0.4, -0.2) is 13.2 Å². The summed E-state index contributed by atoms with van der Waals surface area (Å²) in [5.74, 6) is 0.897. The molecule has 0 aliphatic rings. The van der Waals surface area contributed by atoms with Gasteiger partial charge in [-0.2, -0.15) is 0 Å². The minimum atomic E-state index is 0.670. The van der Waals surface area contributed by atoms with Gasteiger partial charge in [0.25, 0.3) is 0 Å². The van der Waals surface area contributed by atoms with Gasteiger partial charge in [-0.15, -0.1) is 0 Å². The molecule has 0 unspecified atom stereocenters. The number of rotatable bonds is 7. The first-order chi connectivity index (χ1) is 9.78. The fraction of sp³-hybridized carbons (Fsp3) is 0.294. The molecule has 2 rings (SSSR count). The van der Waals surface area contributed by atoms with Crippen LogP contribution in [0.25, 0.3) is 0 Å². The average Bonchev–Trinajstić information content (AvgIpc) is 2.48. The van der Waals surface area contributed by atoms with E-state index in [0.717, 1.165) is 29.7 Å². The van der Waals surface area contributed by atoms with Crippen molar-refractivity contribution in [2.75, 3.05) is 13.2 Å². The Labute approximate surface area is 129 Å². The highest BCUT2D eigenvalue weighted by Crippen LogP contribution is 2.17. The lowest BCUT2D eigenvalue weighted by Gasteiger charge is -2.08. The zero-order valence-corrected chi connectivity index (χ0v) is 13.3. The van der Waals surface area contributed by atoms with Gasteiger partial charge in [0.2, 0.25) is 0 Å². The lowest BCUT2D eigenvalue weighted by Crippen LogP contribution is -2.20. The first kappa shape index (κ1) is 15.1. The van der Waals surface area contributed by atoms with E-state index in [4.69, 9.17) is 4.74 Å². The Kier molecular flexibility index (Phi) is 6.09. The van der Waals surface area contributed by atoms with E-state index in [1.807, 2.05) is 24.3 Å². The molecule has 0 aromatic heterocycles. The largest absolute Gasteiger partial charge is 0.492 e. The number of halogens is 1. The summed E-state index contributed by atoms with van der Waals surface area (Å²) in [6, 6.07) is 16.6. The van der Waals surface area contributed by atoms with Gasteiger partial charge in [0.1, 0.15) is 12.4 Å². The van der Waals surface area contributed by atoms with Gasteiger partial charge in [0.05, 0.1) is 0 Å². The van der Waals surface area contributed by atoms with E-state index in [-0.39, 0.29) is 0 Å². The number of hydrogen-bond acceptors (Lipinski definition) is 2. The molecule has 0 saturated heterocycles. The van der Waals surface area contributed by atoms with Crippen molar-refractivity contribution in [2.24, 2.45) is 0 Å². The van der Waals surface area contributed by atoms with Crippen LogP contribution >= 0.6 is 15.9 Å². The summed E-state index contributed by atoms with van der Waals surface area (Å²) >= 11 is 3.43. The highest BCUT2D eigenvalue weighted by molar-refractivity contribution is 9.10. The third-order valence-electron chi connectivity index (χ3n) is 3.10. The van der Waals surface area contributed by atoms with Crippen molar-refractivity contribution in [3.63, 3.8) is 0 Å². The minimum Gasteiger partial charge on any atom is -0.492 e. The van der Waals surface area contributed by atoms with E-state index in [1.54, 1.807) is 0 Å². The Balaban J connectivity index is 1.66. The predicted octanol–water partition coefficient (Wildman–Crippen LogP) is 4.18. The molecule has 0 atom stereocenters. The quantitative estimate of drug-likeness (QED) is 0.767. The molecule has 0 amide bonds. The van der Waals surface area contributed by atoms with Gasteiger partial charge in [0, 0.05) is 17.6 Å². The molecule has 1 N–H and O–H groups in total. The molecule has 0 spiro atoms. The molecule has 0 aliphatic carbocycles. The van der Waals surface area contributed by atoms with Crippen molar-refractivity contribution in [1.29, 1.82) is 0 Å². The Morgan fingerprint density at radius 2 is 1.80 bits per heavy atom. The first-order valence-corrected chi connectivity index (χ1v) is 7.74. The fourth-order valence-corrected chi connectivity index (χ4v) is 2.30. The van der Waals surface area contributed by atoms with Crippen molar-refractivity contribution in [1.82, 2.24) is 5.32 Å². The monoisotopic (exact) mass is 333 g/mol. The van der Waals surface area contributed by atoms with Crippen molar-refractivity contribution in [3.05, 3.63) is 64.1 Å². The zero-order chi connectivity index (χ0) is 14.2. The summed E-state index contributed by atoms with van der Waals surface area (Å²) in [4.78, 5) is 0. The molecule has 106 valence electrons. The number of aryl methyl sites for hydroxylation is 1. The molecule has 2 aromatic rings. The lowest BCUT2D eigenvalue weighted by atomic mass is 10.1. The Morgan fingerprint density at radius 3 is 2.50 bits per heavy atom. The number of benzene rings is 2. The molecule has 0 fully saturated rings. The Bertz CT molecular complexity index is 525. The van der Waals surface area contributed by atoms with Crippen LogP contribution in [-0.2, 0) is 13.0 Å². The topological polar surface area (TPSA) is 21.3 Å². The van der Waals surface area contributed by atoms with E-state index in [9.17, 15) is 0 Å². The molecule has 0 radical (unpaired) electrons. The van der Waals surface area contributed by atoms with Crippen LogP contribution in [0.15, 0.2) is 53.0 Å². The van der Waals surface area contributed by atoms with E-state index >= 15 is 0 Å². The SMILES string of the molecule is CCc1ccc(CNCCOc2cccc(Br)c2)cc1. The molecule has 20 heavy (non-hydrogen) atoms. The highest BCUT2D eigenvalue weighted by atomic mass is 79.9. The summed E-state index contributed by atoms with van der Waals surface area (Å²) < 4.78 is 6.71. The van der Waals surface area contributed by atoms with Crippen LogP contribution in [0.1, 0.15) is 18.1 Å². The van der Waals surface area contributed by atoms with Crippen LogP contribution in [0.5, 0.6) is 5.75 Å². The van der Waals surface area contributed by atoms with Gasteiger partial charge in [-0.1, -0.05) is 53.2 Å². The highest BCUT2D eigenvalue weighted by Gasteiger charge is 1.96. The molecule has 2 aromatic carbocycles. The van der Waals surface area contributed by atoms with E-state index in [2.05, 4.69) is 52.4 Å². The number of hydrogen-bond donors (Lipinski definition) is 1. The minimum absolute atomic E-state index is 0.670. The standard InChI is InChI=1S/C17H20BrNO/c1-2-14-6-8-15(9-7-14)13-19-10-11-20-17-5-3-4-16(18)12-17/h3-9,12,19H,2,10-11,13H2,1H3. The molecule has 0 bridgehead atoms. The second-order valence-electron chi connectivity index (χ2n) is 4.65. The maximum absolute atomic E-state index is 5.67. The van der Waals surface area contributed by atoms with Crippen LogP contribution in [0, 0.1) is 0 Å². The molecule has 0 aliphatic heterocycles. The summed E-state index contributed by atoms with van der Waals surface area (Å²) in [6.07, 6.45) is 1.09. The van der Waals surface area contributed by atoms with E-state index in [0.29, 0.717) is 6.61 Å². The van der Waals surface area contributed by atoms with Gasteiger partial charge >= 0.3 is 0 Å². The van der Waals surface area contributed by atoms with E-state index < -0.39 is 0 Å². The maximum atomic E-state index is 5.67. The van der Waals surface area contributed by atoms with Crippen LogP contribution in [0.3, 0.4) is 0 Å². The third kappa shape index (κ3) is 4.99. The van der Waals surface area contributed by atoms with Gasteiger partial charge in [-0.05, 0) is 35.7 Å². The van der Waals surface area contributed by atoms with Gasteiger partial charge in [0.15, 0.2) is 0 Å². The lowest BCUT2D eigenvalue weighted by molar-refractivity contribution is 0.313. The van der Waals surface area contributed by atoms with E-state index in [1.165, 1.54) is 11.1 Å². The number of ether oxygens (including phenoxy) is 1. The normalized spacial score (nSPS) is 10.5. The van der Waals surface area contributed by atoms with Gasteiger partial charge < -0.3 is 10.1 Å². The van der Waals surface area contributed by atoms with Gasteiger partial charge in [-0.25, -0.2) is 0 Å². The summed E-state index contributed by atoms with van der Waals surface area (Å²) in [5, 5.41) is 3.39. The van der Waals surface area contributed by atoms with Crippen molar-refractivity contribution >= 4 is 15.9 Å². The summed E-state index contributed by atoms with van der Waals surface area (Å²) in [7, 11) is 0. The smallest absolute Gasteiger partial charge is 0.120 e. The molecule has 2 nitrogen and oxygen atoms in total. The Morgan fingerprint density at radius 1 is 1.05 bits per heavy atom. The fourth-order valence-electron chi connectivity index (χ4n) is 1.92. The van der Waals surface area contributed by atoms with Crippen molar-refractivity contribution in [2.45, 2.75) is 19.9 Å². The molecular formula is C17H20BrNO. The Hall–Kier alpha value is -1.32. The summed E-state index contributed by atoms with van der Waals surface area (Å²) in [6.45, 7) is 4.56. The van der Waals surface area contributed by atoms with Crippen molar-refractivity contribution in [3.8, 4) is 5.75 Å². The van der Waals surface area contributed by atoms with Gasteiger partial charge in [-0.3, -0.25) is 0 Å².